The number of ether oxygens (including phenoxy) is 2. The largest absolute Gasteiger partial charge is 0.445 e. The van der Waals surface area contributed by atoms with Crippen molar-refractivity contribution >= 4 is 40.9 Å². The third-order valence-corrected chi connectivity index (χ3v) is 10.3. The number of alkyl carbamates (subject to hydrolysis) is 1. The van der Waals surface area contributed by atoms with E-state index in [1.165, 1.54) is 12.1 Å². The number of carbonyl (C=O) groups excluding carboxylic acids is 5. The van der Waals surface area contributed by atoms with E-state index < -0.39 is 65.8 Å². The van der Waals surface area contributed by atoms with Gasteiger partial charge >= 0.3 is 18.4 Å². The number of para-hydroxylation sites is 2. The van der Waals surface area contributed by atoms with Crippen LogP contribution in [0.25, 0.3) is 11.1 Å². The van der Waals surface area contributed by atoms with Crippen molar-refractivity contribution in [1.29, 1.82) is 0 Å². The first-order chi connectivity index (χ1) is 28.4. The van der Waals surface area contributed by atoms with Gasteiger partial charge in [0.2, 0.25) is 17.6 Å². The summed E-state index contributed by atoms with van der Waals surface area (Å²) in [4.78, 5) is 76.3. The number of carbonyl (C=O) groups is 5. The molecular formula is C42H47F3N6O8. The number of Topliss-reactive ketones (excluding diaryl/α,β-unsaturated/α-hetero) is 1. The van der Waals surface area contributed by atoms with Crippen LogP contribution in [0.3, 0.4) is 0 Å². The highest BCUT2D eigenvalue weighted by atomic mass is 19.4. The lowest BCUT2D eigenvalue weighted by molar-refractivity contribution is -0.140. The molecular weight excluding hydrogens is 773 g/mol. The molecule has 2 aliphatic heterocycles. The van der Waals surface area contributed by atoms with Crippen molar-refractivity contribution in [3.8, 4) is 0 Å². The van der Waals surface area contributed by atoms with Crippen LogP contribution in [-0.4, -0.2) is 95.0 Å². The second-order valence-electron chi connectivity index (χ2n) is 14.6. The standard InChI is InChI=1S/C42H47F3N6O8/c43-42(44,45)29-18-16-27(17-19-29)23-33(49-40(55)57-26-28-11-3-1-4-12-28)39(54)51-25-30(58-41(56)50-21-9-2-10-22-50)24-34(51)37(53)47-32(14-7-8-20-46)36(52)38-48-31-13-5-6-15-35(31)59-38/h1,3-6,11-13,15-19,30,32-34H,2,7-10,14,20-26,46H2,(H,47,53)(H,49,55)/t30-,32+,33-,34+/m1/s1. The van der Waals surface area contributed by atoms with Gasteiger partial charge in [-0.3, -0.25) is 14.4 Å². The number of aromatic nitrogens is 1. The van der Waals surface area contributed by atoms with Crippen LogP contribution in [0.1, 0.15) is 72.3 Å². The molecule has 2 aliphatic rings. The molecule has 4 N–H and O–H groups in total. The van der Waals surface area contributed by atoms with E-state index in [2.05, 4.69) is 15.6 Å². The first-order valence-corrected chi connectivity index (χ1v) is 19.7. The first kappa shape index (κ1) is 42.6. The monoisotopic (exact) mass is 820 g/mol. The highest BCUT2D eigenvalue weighted by Crippen LogP contribution is 2.30. The van der Waals surface area contributed by atoms with Crippen LogP contribution in [0.15, 0.2) is 83.3 Å². The number of ketones is 1. The number of nitrogens with one attached hydrogen (secondary N) is 2. The zero-order chi connectivity index (χ0) is 41.9. The maximum absolute atomic E-state index is 14.6. The molecule has 14 nitrogen and oxygen atoms in total. The minimum absolute atomic E-state index is 0.142. The number of piperidine rings is 1. The molecule has 4 aromatic rings. The summed E-state index contributed by atoms with van der Waals surface area (Å²) in [6, 6.07) is 15.8. The predicted molar refractivity (Wildman–Crippen MR) is 208 cm³/mol. The third kappa shape index (κ3) is 11.4. The summed E-state index contributed by atoms with van der Waals surface area (Å²) in [7, 11) is 0. The van der Waals surface area contributed by atoms with Crippen molar-refractivity contribution in [1.82, 2.24) is 25.4 Å². The Balaban J connectivity index is 1.27. The number of fused-ring (bicyclic) bond motifs is 1. The maximum Gasteiger partial charge on any atom is 0.416 e. The van der Waals surface area contributed by atoms with E-state index in [9.17, 15) is 37.1 Å². The molecule has 0 saturated carbocycles. The Labute approximate surface area is 338 Å². The molecule has 0 unspecified atom stereocenters. The summed E-state index contributed by atoms with van der Waals surface area (Å²) in [5.74, 6) is -2.34. The van der Waals surface area contributed by atoms with E-state index in [-0.39, 0.29) is 43.9 Å². The van der Waals surface area contributed by atoms with Crippen LogP contribution >= 0.6 is 0 Å². The van der Waals surface area contributed by atoms with Gasteiger partial charge in [-0.1, -0.05) is 54.6 Å². The smallest absolute Gasteiger partial charge is 0.416 e. The van der Waals surface area contributed by atoms with Gasteiger partial charge in [-0.15, -0.1) is 0 Å². The van der Waals surface area contributed by atoms with Gasteiger partial charge in [0.05, 0.1) is 18.2 Å². The van der Waals surface area contributed by atoms with Crippen molar-refractivity contribution in [2.24, 2.45) is 5.73 Å². The van der Waals surface area contributed by atoms with E-state index in [4.69, 9.17) is 19.6 Å². The SMILES string of the molecule is NCCCC[C@H](NC(=O)[C@@H]1C[C@@H](OC(=O)N2CCCCC2)CN1C(=O)[C@@H](Cc1ccc(C(F)(F)F)cc1)NC(=O)OCc1ccccc1)C(=O)c1nc2ccccc2o1. The molecule has 2 fully saturated rings. The number of nitrogens with zero attached hydrogens (tertiary/aromatic N) is 3. The molecule has 0 bridgehead atoms. The Hall–Kier alpha value is -5.97. The van der Waals surface area contributed by atoms with Crippen molar-refractivity contribution in [2.75, 3.05) is 26.2 Å². The minimum atomic E-state index is -4.60. The Morgan fingerprint density at radius 1 is 0.864 bits per heavy atom. The number of alkyl halides is 3. The highest BCUT2D eigenvalue weighted by Gasteiger charge is 2.45. The van der Waals surface area contributed by atoms with Gasteiger partial charge in [0.15, 0.2) is 5.58 Å². The lowest BCUT2D eigenvalue weighted by Gasteiger charge is -2.29. The fourth-order valence-electron chi connectivity index (χ4n) is 7.20. The number of oxazole rings is 1. The topological polar surface area (TPSA) is 186 Å². The van der Waals surface area contributed by atoms with Crippen molar-refractivity contribution in [2.45, 2.75) is 88.4 Å². The Morgan fingerprint density at radius 3 is 2.27 bits per heavy atom. The highest BCUT2D eigenvalue weighted by molar-refractivity contribution is 6.01. The summed E-state index contributed by atoms with van der Waals surface area (Å²) in [6.07, 6.45) is -3.83. The fourth-order valence-corrected chi connectivity index (χ4v) is 7.20. The normalized spacial score (nSPS) is 17.9. The van der Waals surface area contributed by atoms with Gasteiger partial charge in [-0.25, -0.2) is 14.6 Å². The lowest BCUT2D eigenvalue weighted by Crippen LogP contribution is -2.56. The molecule has 17 heteroatoms. The number of benzene rings is 3. The molecule has 4 amide bonds. The zero-order valence-electron chi connectivity index (χ0n) is 32.3. The second kappa shape index (κ2) is 19.7. The maximum atomic E-state index is 14.6. The molecule has 0 aliphatic carbocycles. The van der Waals surface area contributed by atoms with Crippen LogP contribution in [-0.2, 0) is 38.3 Å². The van der Waals surface area contributed by atoms with E-state index >= 15 is 0 Å². The minimum Gasteiger partial charge on any atom is -0.445 e. The van der Waals surface area contributed by atoms with Gasteiger partial charge in [0.25, 0.3) is 5.89 Å². The van der Waals surface area contributed by atoms with Gasteiger partial charge < -0.3 is 40.1 Å². The van der Waals surface area contributed by atoms with Crippen molar-refractivity contribution in [3.05, 3.63) is 101 Å². The zero-order valence-corrected chi connectivity index (χ0v) is 32.3. The molecule has 0 radical (unpaired) electrons. The molecule has 1 aromatic heterocycles. The van der Waals surface area contributed by atoms with Crippen LogP contribution in [0, 0.1) is 0 Å². The van der Waals surface area contributed by atoms with Crippen molar-refractivity contribution < 1.29 is 51.0 Å². The Morgan fingerprint density at radius 2 is 1.58 bits per heavy atom. The molecule has 0 spiro atoms. The molecule has 314 valence electrons. The molecule has 4 atom stereocenters. The summed E-state index contributed by atoms with van der Waals surface area (Å²) in [5, 5.41) is 5.32. The number of hydrogen-bond donors (Lipinski definition) is 3. The summed E-state index contributed by atoms with van der Waals surface area (Å²) in [5.41, 5.74) is 6.59. The summed E-state index contributed by atoms with van der Waals surface area (Å²) >= 11 is 0. The Bertz CT molecular complexity index is 2040. The van der Waals surface area contributed by atoms with E-state index in [0.717, 1.165) is 36.3 Å². The van der Waals surface area contributed by atoms with Crippen LogP contribution in [0.5, 0.6) is 0 Å². The number of hydrogen-bond acceptors (Lipinski definition) is 10. The summed E-state index contributed by atoms with van der Waals surface area (Å²) in [6.45, 7) is 0.928. The number of amides is 4. The third-order valence-electron chi connectivity index (χ3n) is 10.3. The number of rotatable bonds is 15. The van der Waals surface area contributed by atoms with Crippen LogP contribution in [0.2, 0.25) is 0 Å². The average molecular weight is 821 g/mol. The van der Waals surface area contributed by atoms with Gasteiger partial charge in [-0.05, 0) is 80.5 Å². The van der Waals surface area contributed by atoms with Crippen molar-refractivity contribution in [3.63, 3.8) is 0 Å². The number of unbranched alkanes of at least 4 members (excludes halogenated alkanes) is 1. The summed E-state index contributed by atoms with van der Waals surface area (Å²) < 4.78 is 57.2. The second-order valence-corrected chi connectivity index (χ2v) is 14.6. The van der Waals surface area contributed by atoms with Gasteiger partial charge in [0.1, 0.15) is 30.3 Å². The first-order valence-electron chi connectivity index (χ1n) is 19.7. The van der Waals surface area contributed by atoms with Gasteiger partial charge in [-0.2, -0.15) is 13.2 Å². The number of likely N-dealkylation sites (tertiary alicyclic amines) is 2. The predicted octanol–water partition coefficient (Wildman–Crippen LogP) is 5.77. The fraction of sp³-hybridized carbons (Fsp3) is 0.429. The molecule has 59 heavy (non-hydrogen) atoms. The van der Waals surface area contributed by atoms with Crippen LogP contribution in [0.4, 0.5) is 22.8 Å². The quantitative estimate of drug-likeness (QED) is 0.0982. The van der Waals surface area contributed by atoms with E-state index in [0.29, 0.717) is 49.1 Å². The molecule has 6 rings (SSSR count). The Kier molecular flexibility index (Phi) is 14.2. The van der Waals surface area contributed by atoms with E-state index in [1.54, 1.807) is 59.5 Å². The number of halogens is 3. The molecule has 2 saturated heterocycles. The van der Waals surface area contributed by atoms with Crippen LogP contribution < -0.4 is 16.4 Å². The molecule has 3 aromatic carbocycles. The molecule has 3 heterocycles. The van der Waals surface area contributed by atoms with Gasteiger partial charge in [0, 0.05) is 25.9 Å². The number of nitrogens with two attached hydrogens (primary N) is 1. The van der Waals surface area contributed by atoms with E-state index in [1.807, 2.05) is 0 Å². The average Bonchev–Trinajstić information content (AvgIpc) is 3.87. The lowest BCUT2D eigenvalue weighted by atomic mass is 10.0.